The molecule has 0 bridgehead atoms. The second-order valence-corrected chi connectivity index (χ2v) is 5.03. The summed E-state index contributed by atoms with van der Waals surface area (Å²) in [5.41, 5.74) is 6.65. The summed E-state index contributed by atoms with van der Waals surface area (Å²) < 4.78 is 5.61. The molecule has 0 saturated carbocycles. The maximum Gasteiger partial charge on any atom is 0.237 e. The Balaban J connectivity index is 1.85. The number of carbonyl (C=O) groups is 1. The first-order chi connectivity index (χ1) is 10.7. The molecule has 0 aliphatic heterocycles. The molecule has 1 aromatic heterocycles. The minimum Gasteiger partial charge on any atom is -0.439 e. The average Bonchev–Trinajstić information content (AvgIpc) is 2.55. The van der Waals surface area contributed by atoms with Gasteiger partial charge in [0.05, 0.1) is 6.04 Å². The third-order valence-corrected chi connectivity index (χ3v) is 3.17. The number of nitrogens with one attached hydrogen (secondary N) is 1. The molecule has 22 heavy (non-hydrogen) atoms. The molecule has 1 amide bonds. The van der Waals surface area contributed by atoms with Gasteiger partial charge in [0.15, 0.2) is 0 Å². The maximum atomic E-state index is 11.7. The van der Waals surface area contributed by atoms with Gasteiger partial charge in [0, 0.05) is 18.8 Å². The zero-order valence-electron chi connectivity index (χ0n) is 12.7. The van der Waals surface area contributed by atoms with E-state index in [1.54, 1.807) is 12.3 Å². The Hall–Kier alpha value is -2.40. The fourth-order valence-corrected chi connectivity index (χ4v) is 1.95. The fourth-order valence-electron chi connectivity index (χ4n) is 1.95. The quantitative estimate of drug-likeness (QED) is 0.824. The highest BCUT2D eigenvalue weighted by Gasteiger charge is 2.11. The predicted molar refractivity (Wildman–Crippen MR) is 85.5 cm³/mol. The molecule has 0 aliphatic carbocycles. The van der Waals surface area contributed by atoms with Crippen molar-refractivity contribution in [3.05, 3.63) is 54.2 Å². The van der Waals surface area contributed by atoms with Crippen LogP contribution in [0.3, 0.4) is 0 Å². The molecule has 0 spiro atoms. The van der Waals surface area contributed by atoms with Gasteiger partial charge in [-0.2, -0.15) is 0 Å². The normalized spacial score (nSPS) is 11.7. The molecule has 1 atom stereocenters. The lowest BCUT2D eigenvalue weighted by atomic mass is 10.1. The molecule has 5 heteroatoms. The predicted octanol–water partition coefficient (Wildman–Crippen LogP) is 2.62. The Morgan fingerprint density at radius 1 is 1.27 bits per heavy atom. The van der Waals surface area contributed by atoms with Gasteiger partial charge >= 0.3 is 0 Å². The lowest BCUT2D eigenvalue weighted by molar-refractivity contribution is -0.122. The molecular formula is C17H21N3O2. The van der Waals surface area contributed by atoms with Crippen molar-refractivity contribution < 1.29 is 9.53 Å². The van der Waals surface area contributed by atoms with Crippen molar-refractivity contribution in [2.24, 2.45) is 5.73 Å². The van der Waals surface area contributed by atoms with Crippen LogP contribution in [0.4, 0.5) is 0 Å². The van der Waals surface area contributed by atoms with Crippen LogP contribution in [-0.2, 0) is 11.3 Å². The third-order valence-electron chi connectivity index (χ3n) is 3.17. The van der Waals surface area contributed by atoms with Gasteiger partial charge in [-0.05, 0) is 24.1 Å². The number of hydrogen-bond acceptors (Lipinski definition) is 4. The highest BCUT2D eigenvalue weighted by atomic mass is 16.5. The highest BCUT2D eigenvalue weighted by Crippen LogP contribution is 2.18. The van der Waals surface area contributed by atoms with Gasteiger partial charge in [-0.3, -0.25) is 4.79 Å². The lowest BCUT2D eigenvalue weighted by Crippen LogP contribution is -2.40. The van der Waals surface area contributed by atoms with Crippen LogP contribution in [0.1, 0.15) is 25.3 Å². The van der Waals surface area contributed by atoms with E-state index in [2.05, 4.69) is 10.3 Å². The van der Waals surface area contributed by atoms with E-state index in [0.29, 0.717) is 18.8 Å². The summed E-state index contributed by atoms with van der Waals surface area (Å²) in [6, 6.07) is 12.7. The Kier molecular flexibility index (Phi) is 5.91. The van der Waals surface area contributed by atoms with Crippen molar-refractivity contribution in [3.8, 4) is 11.6 Å². The minimum absolute atomic E-state index is 0.133. The monoisotopic (exact) mass is 299 g/mol. The smallest absolute Gasteiger partial charge is 0.237 e. The number of rotatable bonds is 7. The van der Waals surface area contributed by atoms with E-state index in [1.165, 1.54) is 0 Å². The molecular weight excluding hydrogens is 278 g/mol. The van der Waals surface area contributed by atoms with Crippen molar-refractivity contribution in [1.29, 1.82) is 0 Å². The molecule has 116 valence electrons. The molecule has 0 saturated heterocycles. The molecule has 1 unspecified atom stereocenters. The Bertz CT molecular complexity index is 585. The van der Waals surface area contributed by atoms with Crippen molar-refractivity contribution in [1.82, 2.24) is 10.3 Å². The van der Waals surface area contributed by atoms with Gasteiger partial charge in [0.1, 0.15) is 5.75 Å². The van der Waals surface area contributed by atoms with E-state index in [0.717, 1.165) is 17.7 Å². The van der Waals surface area contributed by atoms with E-state index < -0.39 is 6.04 Å². The zero-order valence-corrected chi connectivity index (χ0v) is 12.7. The van der Waals surface area contributed by atoms with Crippen molar-refractivity contribution in [3.63, 3.8) is 0 Å². The van der Waals surface area contributed by atoms with Crippen LogP contribution in [0.15, 0.2) is 48.7 Å². The van der Waals surface area contributed by atoms with E-state index in [4.69, 9.17) is 10.5 Å². The molecule has 0 radical (unpaired) electrons. The molecule has 2 rings (SSSR count). The highest BCUT2D eigenvalue weighted by molar-refractivity contribution is 5.81. The molecule has 2 aromatic rings. The van der Waals surface area contributed by atoms with E-state index in [9.17, 15) is 4.79 Å². The van der Waals surface area contributed by atoms with Crippen LogP contribution < -0.4 is 15.8 Å². The summed E-state index contributed by atoms with van der Waals surface area (Å²) >= 11 is 0. The average molecular weight is 299 g/mol. The largest absolute Gasteiger partial charge is 0.439 e. The SMILES string of the molecule is CCCC(N)C(=O)NCc1ccc(Oc2ccccc2)nc1. The summed E-state index contributed by atoms with van der Waals surface area (Å²) in [7, 11) is 0. The number of para-hydroxylation sites is 1. The number of ether oxygens (including phenoxy) is 1. The number of nitrogens with two attached hydrogens (primary N) is 1. The van der Waals surface area contributed by atoms with Crippen molar-refractivity contribution in [2.75, 3.05) is 0 Å². The van der Waals surface area contributed by atoms with E-state index in [-0.39, 0.29) is 5.91 Å². The number of aromatic nitrogens is 1. The number of carbonyl (C=O) groups excluding carboxylic acids is 1. The zero-order chi connectivity index (χ0) is 15.8. The van der Waals surface area contributed by atoms with Crippen LogP contribution in [0, 0.1) is 0 Å². The van der Waals surface area contributed by atoms with Crippen LogP contribution in [-0.4, -0.2) is 16.9 Å². The third kappa shape index (κ3) is 4.86. The number of nitrogens with zero attached hydrogens (tertiary/aromatic N) is 1. The second kappa shape index (κ2) is 8.14. The molecule has 1 aromatic carbocycles. The van der Waals surface area contributed by atoms with Gasteiger partial charge in [-0.25, -0.2) is 4.98 Å². The Labute approximate surface area is 130 Å². The first kappa shape index (κ1) is 16.0. The number of pyridine rings is 1. The van der Waals surface area contributed by atoms with Gasteiger partial charge in [-0.15, -0.1) is 0 Å². The van der Waals surface area contributed by atoms with Crippen molar-refractivity contribution >= 4 is 5.91 Å². The number of amides is 1. The van der Waals surface area contributed by atoms with Crippen LogP contribution >= 0.6 is 0 Å². The Morgan fingerprint density at radius 2 is 2.05 bits per heavy atom. The minimum atomic E-state index is -0.446. The van der Waals surface area contributed by atoms with Gasteiger partial charge in [0.2, 0.25) is 11.8 Å². The number of benzene rings is 1. The first-order valence-corrected chi connectivity index (χ1v) is 7.40. The summed E-state index contributed by atoms with van der Waals surface area (Å²) in [4.78, 5) is 16.0. The molecule has 3 N–H and O–H groups in total. The summed E-state index contributed by atoms with van der Waals surface area (Å²) in [6.07, 6.45) is 3.26. The topological polar surface area (TPSA) is 77.2 Å². The molecule has 5 nitrogen and oxygen atoms in total. The summed E-state index contributed by atoms with van der Waals surface area (Å²) in [5, 5.41) is 2.81. The molecule has 0 aliphatic rings. The Morgan fingerprint density at radius 3 is 2.68 bits per heavy atom. The van der Waals surface area contributed by atoms with Gasteiger partial charge < -0.3 is 15.8 Å². The van der Waals surface area contributed by atoms with Crippen LogP contribution in [0.5, 0.6) is 11.6 Å². The van der Waals surface area contributed by atoms with E-state index in [1.807, 2.05) is 43.3 Å². The molecule has 1 heterocycles. The van der Waals surface area contributed by atoms with Crippen LogP contribution in [0.2, 0.25) is 0 Å². The first-order valence-electron chi connectivity index (χ1n) is 7.40. The van der Waals surface area contributed by atoms with Crippen LogP contribution in [0.25, 0.3) is 0 Å². The van der Waals surface area contributed by atoms with Gasteiger partial charge in [0.25, 0.3) is 0 Å². The second-order valence-electron chi connectivity index (χ2n) is 5.03. The standard InChI is InChI=1S/C17H21N3O2/c1-2-6-15(18)17(21)20-12-13-9-10-16(19-11-13)22-14-7-4-3-5-8-14/h3-5,7-11,15H,2,6,12,18H2,1H3,(H,20,21). The lowest BCUT2D eigenvalue weighted by Gasteiger charge is -2.11. The fraction of sp³-hybridized carbons (Fsp3) is 0.294. The van der Waals surface area contributed by atoms with Crippen molar-refractivity contribution in [2.45, 2.75) is 32.4 Å². The number of hydrogen-bond donors (Lipinski definition) is 2. The van der Waals surface area contributed by atoms with E-state index >= 15 is 0 Å². The summed E-state index contributed by atoms with van der Waals surface area (Å²) in [5.74, 6) is 1.12. The van der Waals surface area contributed by atoms with Gasteiger partial charge in [-0.1, -0.05) is 37.6 Å². The molecule has 0 fully saturated rings. The maximum absolute atomic E-state index is 11.7. The summed E-state index contributed by atoms with van der Waals surface area (Å²) in [6.45, 7) is 2.41.